The normalized spacial score (nSPS) is 20.3. The Morgan fingerprint density at radius 2 is 2.15 bits per heavy atom. The summed E-state index contributed by atoms with van der Waals surface area (Å²) in [4.78, 5) is 30.9. The highest BCUT2D eigenvalue weighted by atomic mass is 19.1. The van der Waals surface area contributed by atoms with Gasteiger partial charge in [-0.05, 0) is 31.9 Å². The largest absolute Gasteiger partial charge is 0.450 e. The summed E-state index contributed by atoms with van der Waals surface area (Å²) in [6.07, 6.45) is 0.599. The van der Waals surface area contributed by atoms with Crippen LogP contribution in [0.15, 0.2) is 29.4 Å². The summed E-state index contributed by atoms with van der Waals surface area (Å²) in [5.74, 6) is -0.596. The molecule has 1 aromatic carbocycles. The third kappa shape index (κ3) is 4.30. The van der Waals surface area contributed by atoms with Crippen LogP contribution in [-0.4, -0.2) is 54.5 Å². The van der Waals surface area contributed by atoms with Crippen LogP contribution in [0.2, 0.25) is 0 Å². The predicted octanol–water partition coefficient (Wildman–Crippen LogP) is 2.06. The Hall–Kier alpha value is -2.64. The highest BCUT2D eigenvalue weighted by Gasteiger charge is 2.32. The first-order chi connectivity index (χ1) is 12.6. The molecular weight excluding hydrogens is 341 g/mol. The van der Waals surface area contributed by atoms with E-state index in [1.165, 1.54) is 12.1 Å². The number of amides is 2. The van der Waals surface area contributed by atoms with E-state index >= 15 is 0 Å². The molecule has 0 aliphatic carbocycles. The molecule has 0 radical (unpaired) electrons. The van der Waals surface area contributed by atoms with Crippen LogP contribution >= 0.6 is 0 Å². The molecule has 1 N–H and O–H groups in total. The van der Waals surface area contributed by atoms with Crippen molar-refractivity contribution < 1.29 is 23.6 Å². The molecule has 3 rings (SSSR count). The van der Waals surface area contributed by atoms with Gasteiger partial charge < -0.3 is 19.8 Å². The van der Waals surface area contributed by atoms with Gasteiger partial charge in [-0.15, -0.1) is 0 Å². The fourth-order valence-corrected chi connectivity index (χ4v) is 3.07. The van der Waals surface area contributed by atoms with E-state index in [-0.39, 0.29) is 23.9 Å². The number of hydrogen-bond donors (Lipinski definition) is 1. The molecule has 0 bridgehead atoms. The molecule has 2 aliphatic heterocycles. The maximum atomic E-state index is 13.3. The van der Waals surface area contributed by atoms with Crippen molar-refractivity contribution in [1.82, 2.24) is 10.2 Å². The van der Waals surface area contributed by atoms with Gasteiger partial charge in [-0.25, -0.2) is 9.18 Å². The lowest BCUT2D eigenvalue weighted by atomic mass is 10.0. The number of oxime groups is 1. The van der Waals surface area contributed by atoms with Crippen LogP contribution in [0.1, 0.15) is 31.7 Å². The molecule has 2 amide bonds. The number of ether oxygens (including phenoxy) is 1. The van der Waals surface area contributed by atoms with Gasteiger partial charge in [-0.3, -0.25) is 4.79 Å². The summed E-state index contributed by atoms with van der Waals surface area (Å²) in [5, 5.41) is 6.86. The lowest BCUT2D eigenvalue weighted by molar-refractivity contribution is -0.132. The van der Waals surface area contributed by atoms with Crippen LogP contribution in [0.4, 0.5) is 9.18 Å². The quantitative estimate of drug-likeness (QED) is 0.888. The standard InChI is InChI=1S/C18H22FN3O4/c1-2-25-18(24)22-8-6-14(7-9-22)20-17(23)16-11-15(21-26-16)12-4-3-5-13(19)10-12/h3-5,10,14,16H,2,6-9,11H2,1H3,(H,20,23)/t16-/m0/s1. The van der Waals surface area contributed by atoms with Gasteiger partial charge in [0.15, 0.2) is 0 Å². The average molecular weight is 363 g/mol. The van der Waals surface area contributed by atoms with E-state index in [4.69, 9.17) is 9.57 Å². The van der Waals surface area contributed by atoms with Crippen LogP contribution in [-0.2, 0) is 14.4 Å². The minimum Gasteiger partial charge on any atom is -0.450 e. The Morgan fingerprint density at radius 3 is 2.85 bits per heavy atom. The summed E-state index contributed by atoms with van der Waals surface area (Å²) in [6.45, 7) is 3.20. The summed E-state index contributed by atoms with van der Waals surface area (Å²) in [6, 6.07) is 6.03. The SMILES string of the molecule is CCOC(=O)N1CCC(NC(=O)[C@@H]2CC(c3cccc(F)c3)=NO2)CC1. The molecule has 1 saturated heterocycles. The van der Waals surface area contributed by atoms with Crippen molar-refractivity contribution in [3.8, 4) is 0 Å². The number of nitrogens with one attached hydrogen (secondary N) is 1. The fourth-order valence-electron chi connectivity index (χ4n) is 3.07. The van der Waals surface area contributed by atoms with E-state index < -0.39 is 6.10 Å². The maximum Gasteiger partial charge on any atom is 0.409 e. The molecule has 2 heterocycles. The number of likely N-dealkylation sites (tertiary alicyclic amines) is 1. The zero-order valence-electron chi connectivity index (χ0n) is 14.6. The highest BCUT2D eigenvalue weighted by Crippen LogP contribution is 2.19. The van der Waals surface area contributed by atoms with Gasteiger partial charge in [0.2, 0.25) is 6.10 Å². The molecular formula is C18H22FN3O4. The van der Waals surface area contributed by atoms with Crippen molar-refractivity contribution in [1.29, 1.82) is 0 Å². The lowest BCUT2D eigenvalue weighted by Gasteiger charge is -2.31. The molecule has 0 unspecified atom stereocenters. The number of halogens is 1. The number of carbonyl (C=O) groups is 2. The van der Waals surface area contributed by atoms with Gasteiger partial charge in [-0.1, -0.05) is 17.3 Å². The molecule has 0 saturated carbocycles. The topological polar surface area (TPSA) is 80.2 Å². The number of nitrogens with zero attached hydrogens (tertiary/aromatic N) is 2. The van der Waals surface area contributed by atoms with Gasteiger partial charge in [0, 0.05) is 31.1 Å². The van der Waals surface area contributed by atoms with E-state index in [2.05, 4.69) is 10.5 Å². The molecule has 1 fully saturated rings. The number of piperidine rings is 1. The van der Waals surface area contributed by atoms with Crippen LogP contribution in [0.25, 0.3) is 0 Å². The Bertz CT molecular complexity index is 701. The number of hydrogen-bond acceptors (Lipinski definition) is 5. The number of rotatable bonds is 4. The van der Waals surface area contributed by atoms with Crippen molar-refractivity contribution in [2.75, 3.05) is 19.7 Å². The monoisotopic (exact) mass is 363 g/mol. The van der Waals surface area contributed by atoms with Crippen LogP contribution in [0, 0.1) is 5.82 Å². The second-order valence-electron chi connectivity index (χ2n) is 6.32. The van der Waals surface area contributed by atoms with Gasteiger partial charge in [0.25, 0.3) is 5.91 Å². The van der Waals surface area contributed by atoms with Crippen molar-refractivity contribution >= 4 is 17.7 Å². The second kappa shape index (κ2) is 8.16. The zero-order valence-corrected chi connectivity index (χ0v) is 14.6. The fraction of sp³-hybridized carbons (Fsp3) is 0.500. The summed E-state index contributed by atoms with van der Waals surface area (Å²) in [5.41, 5.74) is 1.17. The van der Waals surface area contributed by atoms with E-state index in [1.54, 1.807) is 24.0 Å². The first-order valence-corrected chi connectivity index (χ1v) is 8.77. The van der Waals surface area contributed by atoms with Gasteiger partial charge in [0.05, 0.1) is 12.3 Å². The van der Waals surface area contributed by atoms with Gasteiger partial charge in [0.1, 0.15) is 5.82 Å². The minimum atomic E-state index is -0.712. The van der Waals surface area contributed by atoms with E-state index in [0.717, 1.165) is 0 Å². The average Bonchev–Trinajstić information content (AvgIpc) is 3.13. The Morgan fingerprint density at radius 1 is 1.38 bits per heavy atom. The predicted molar refractivity (Wildman–Crippen MR) is 92.2 cm³/mol. The van der Waals surface area contributed by atoms with Crippen LogP contribution in [0.5, 0.6) is 0 Å². The zero-order chi connectivity index (χ0) is 18.5. The van der Waals surface area contributed by atoms with Gasteiger partial charge >= 0.3 is 6.09 Å². The molecule has 1 aromatic rings. The molecule has 1 atom stereocenters. The molecule has 140 valence electrons. The number of carbonyl (C=O) groups excluding carboxylic acids is 2. The first-order valence-electron chi connectivity index (χ1n) is 8.77. The Balaban J connectivity index is 1.46. The summed E-state index contributed by atoms with van der Waals surface area (Å²) in [7, 11) is 0. The third-order valence-electron chi connectivity index (χ3n) is 4.49. The first kappa shape index (κ1) is 18.2. The van der Waals surface area contributed by atoms with Crippen molar-refractivity contribution in [3.05, 3.63) is 35.6 Å². The highest BCUT2D eigenvalue weighted by molar-refractivity contribution is 6.04. The smallest absolute Gasteiger partial charge is 0.409 e. The van der Waals surface area contributed by atoms with E-state index in [9.17, 15) is 14.0 Å². The Kier molecular flexibility index (Phi) is 5.70. The van der Waals surface area contributed by atoms with E-state index in [0.29, 0.717) is 50.2 Å². The summed E-state index contributed by atoms with van der Waals surface area (Å²) < 4.78 is 18.3. The molecule has 7 nitrogen and oxygen atoms in total. The molecule has 0 spiro atoms. The minimum absolute atomic E-state index is 0.0185. The molecule has 0 aromatic heterocycles. The lowest BCUT2D eigenvalue weighted by Crippen LogP contribution is -2.49. The van der Waals surface area contributed by atoms with Crippen LogP contribution in [0.3, 0.4) is 0 Å². The molecule has 8 heteroatoms. The molecule has 26 heavy (non-hydrogen) atoms. The van der Waals surface area contributed by atoms with Crippen molar-refractivity contribution in [2.45, 2.75) is 38.3 Å². The van der Waals surface area contributed by atoms with Crippen molar-refractivity contribution in [2.24, 2.45) is 5.16 Å². The Labute approximate surface area is 151 Å². The van der Waals surface area contributed by atoms with Gasteiger partial charge in [-0.2, -0.15) is 0 Å². The van der Waals surface area contributed by atoms with Crippen LogP contribution < -0.4 is 5.32 Å². The molecule has 2 aliphatic rings. The van der Waals surface area contributed by atoms with Crippen molar-refractivity contribution in [3.63, 3.8) is 0 Å². The van der Waals surface area contributed by atoms with E-state index in [1.807, 2.05) is 0 Å². The maximum absolute atomic E-state index is 13.3. The third-order valence-corrected chi connectivity index (χ3v) is 4.49. The number of benzene rings is 1. The second-order valence-corrected chi connectivity index (χ2v) is 6.32. The summed E-state index contributed by atoms with van der Waals surface area (Å²) >= 11 is 0.